The average molecular weight is 240 g/mol. The summed E-state index contributed by atoms with van der Waals surface area (Å²) >= 11 is 0. The van der Waals surface area contributed by atoms with E-state index >= 15 is 0 Å². The molecule has 0 amide bonds. The standard InChI is InChI=1S/C15H28O2/c1-8(2)11-6-5-9(3)13-12(16)7-10(4)14(13)15(11)17/h8-17H,5-7H2,1-4H3/t9-,10-,11-,12-,13+,14-,15+/m0/s1. The van der Waals surface area contributed by atoms with Crippen LogP contribution in [0, 0.1) is 35.5 Å². The Hall–Kier alpha value is -0.0800. The zero-order valence-corrected chi connectivity index (χ0v) is 11.6. The molecule has 17 heavy (non-hydrogen) atoms. The Morgan fingerprint density at radius 1 is 0.941 bits per heavy atom. The van der Waals surface area contributed by atoms with Crippen molar-refractivity contribution in [3.63, 3.8) is 0 Å². The molecule has 0 aliphatic heterocycles. The molecular formula is C15H28O2. The molecule has 2 aliphatic rings. The maximum atomic E-state index is 10.7. The lowest BCUT2D eigenvalue weighted by Gasteiger charge is -2.33. The highest BCUT2D eigenvalue weighted by atomic mass is 16.3. The summed E-state index contributed by atoms with van der Waals surface area (Å²) in [5.74, 6) is 2.62. The number of fused-ring (bicyclic) bond motifs is 1. The molecule has 0 aromatic carbocycles. The molecule has 100 valence electrons. The van der Waals surface area contributed by atoms with Gasteiger partial charge in [0.2, 0.25) is 0 Å². The van der Waals surface area contributed by atoms with E-state index in [0.717, 1.165) is 19.3 Å². The van der Waals surface area contributed by atoms with Crippen molar-refractivity contribution in [1.29, 1.82) is 0 Å². The van der Waals surface area contributed by atoms with Crippen molar-refractivity contribution in [1.82, 2.24) is 0 Å². The number of aliphatic hydroxyl groups is 2. The Bertz CT molecular complexity index is 264. The first kappa shape index (κ1) is 13.4. The second-order valence-corrected chi connectivity index (χ2v) is 6.89. The van der Waals surface area contributed by atoms with Crippen LogP contribution in [0.5, 0.6) is 0 Å². The van der Waals surface area contributed by atoms with E-state index in [0.29, 0.717) is 35.5 Å². The molecule has 2 fully saturated rings. The lowest BCUT2D eigenvalue weighted by Crippen LogP contribution is -2.37. The molecule has 0 heterocycles. The van der Waals surface area contributed by atoms with Gasteiger partial charge in [-0.05, 0) is 54.8 Å². The van der Waals surface area contributed by atoms with Crippen molar-refractivity contribution >= 4 is 0 Å². The predicted octanol–water partition coefficient (Wildman–Crippen LogP) is 2.68. The summed E-state index contributed by atoms with van der Waals surface area (Å²) < 4.78 is 0. The van der Waals surface area contributed by atoms with Gasteiger partial charge in [-0.25, -0.2) is 0 Å². The summed E-state index contributed by atoms with van der Waals surface area (Å²) in [5, 5.41) is 20.9. The zero-order valence-electron chi connectivity index (χ0n) is 11.6. The van der Waals surface area contributed by atoms with Crippen LogP contribution in [-0.4, -0.2) is 22.4 Å². The molecule has 2 nitrogen and oxygen atoms in total. The predicted molar refractivity (Wildman–Crippen MR) is 69.5 cm³/mol. The van der Waals surface area contributed by atoms with Crippen molar-refractivity contribution < 1.29 is 10.2 Å². The maximum Gasteiger partial charge on any atom is 0.0605 e. The molecule has 7 atom stereocenters. The second kappa shape index (κ2) is 4.89. The molecule has 0 aromatic heterocycles. The van der Waals surface area contributed by atoms with Gasteiger partial charge in [0.15, 0.2) is 0 Å². The van der Waals surface area contributed by atoms with Gasteiger partial charge < -0.3 is 10.2 Å². The molecule has 0 spiro atoms. The highest BCUT2D eigenvalue weighted by Gasteiger charge is 2.49. The molecule has 2 heteroatoms. The van der Waals surface area contributed by atoms with Crippen LogP contribution in [0.15, 0.2) is 0 Å². The third-order valence-electron chi connectivity index (χ3n) is 5.46. The molecule has 0 radical (unpaired) electrons. The van der Waals surface area contributed by atoms with Crippen LogP contribution in [0.3, 0.4) is 0 Å². The molecule has 2 aliphatic carbocycles. The van der Waals surface area contributed by atoms with E-state index in [-0.39, 0.29) is 12.2 Å². The summed E-state index contributed by atoms with van der Waals surface area (Å²) in [6.07, 6.45) is 2.75. The minimum atomic E-state index is -0.211. The van der Waals surface area contributed by atoms with Gasteiger partial charge in [-0.2, -0.15) is 0 Å². The normalized spacial score (nSPS) is 51.4. The minimum absolute atomic E-state index is 0.189. The fourth-order valence-corrected chi connectivity index (χ4v) is 4.49. The fraction of sp³-hybridized carbons (Fsp3) is 1.00. The van der Waals surface area contributed by atoms with Crippen LogP contribution in [0.25, 0.3) is 0 Å². The summed E-state index contributed by atoms with van der Waals surface area (Å²) in [6.45, 7) is 8.89. The van der Waals surface area contributed by atoms with Crippen LogP contribution < -0.4 is 0 Å². The zero-order chi connectivity index (χ0) is 12.7. The van der Waals surface area contributed by atoms with Gasteiger partial charge in [0.25, 0.3) is 0 Å². The van der Waals surface area contributed by atoms with E-state index in [4.69, 9.17) is 0 Å². The van der Waals surface area contributed by atoms with Gasteiger partial charge in [0.05, 0.1) is 12.2 Å². The van der Waals surface area contributed by atoms with Crippen molar-refractivity contribution in [2.24, 2.45) is 35.5 Å². The monoisotopic (exact) mass is 240 g/mol. The lowest BCUT2D eigenvalue weighted by molar-refractivity contribution is -0.00839. The molecule has 0 bridgehead atoms. The minimum Gasteiger partial charge on any atom is -0.393 e. The summed E-state index contributed by atoms with van der Waals surface area (Å²) in [5.41, 5.74) is 0. The van der Waals surface area contributed by atoms with Crippen LogP contribution in [0.4, 0.5) is 0 Å². The van der Waals surface area contributed by atoms with Crippen LogP contribution in [0.2, 0.25) is 0 Å². The number of rotatable bonds is 1. The third kappa shape index (κ3) is 2.26. The van der Waals surface area contributed by atoms with Crippen molar-refractivity contribution in [2.45, 2.75) is 59.2 Å². The topological polar surface area (TPSA) is 40.5 Å². The van der Waals surface area contributed by atoms with Crippen molar-refractivity contribution in [3.8, 4) is 0 Å². The Kier molecular flexibility index (Phi) is 3.84. The largest absolute Gasteiger partial charge is 0.393 e. The van der Waals surface area contributed by atoms with Gasteiger partial charge in [-0.3, -0.25) is 0 Å². The van der Waals surface area contributed by atoms with Gasteiger partial charge in [-0.1, -0.05) is 27.7 Å². The molecule has 2 rings (SSSR count). The molecule has 0 unspecified atom stereocenters. The fourth-order valence-electron chi connectivity index (χ4n) is 4.49. The Balaban J connectivity index is 2.26. The lowest BCUT2D eigenvalue weighted by atomic mass is 9.76. The first-order valence-corrected chi connectivity index (χ1v) is 7.29. The molecular weight excluding hydrogens is 212 g/mol. The van der Waals surface area contributed by atoms with E-state index in [9.17, 15) is 10.2 Å². The summed E-state index contributed by atoms with van der Waals surface area (Å²) in [7, 11) is 0. The second-order valence-electron chi connectivity index (χ2n) is 6.89. The molecule has 2 saturated carbocycles. The Morgan fingerprint density at radius 2 is 1.59 bits per heavy atom. The Morgan fingerprint density at radius 3 is 2.18 bits per heavy atom. The van der Waals surface area contributed by atoms with Crippen molar-refractivity contribution in [2.75, 3.05) is 0 Å². The molecule has 2 N–H and O–H groups in total. The molecule has 0 saturated heterocycles. The maximum absolute atomic E-state index is 10.7. The highest BCUT2D eigenvalue weighted by Crippen LogP contribution is 2.49. The van der Waals surface area contributed by atoms with Crippen LogP contribution >= 0.6 is 0 Å². The van der Waals surface area contributed by atoms with Crippen LogP contribution in [-0.2, 0) is 0 Å². The van der Waals surface area contributed by atoms with E-state index in [1.54, 1.807) is 0 Å². The van der Waals surface area contributed by atoms with E-state index in [1.807, 2.05) is 0 Å². The first-order valence-electron chi connectivity index (χ1n) is 7.29. The Labute approximate surface area is 105 Å². The first-order chi connectivity index (χ1) is 7.93. The van der Waals surface area contributed by atoms with Gasteiger partial charge in [0, 0.05) is 0 Å². The van der Waals surface area contributed by atoms with Crippen LogP contribution in [0.1, 0.15) is 47.0 Å². The SMILES string of the molecule is CC(C)[C@@H]1CC[C@H](C)[C@H]2[C@@H]([C@@H]1O)[C@@H](C)C[C@@H]2O. The van der Waals surface area contributed by atoms with Crippen molar-refractivity contribution in [3.05, 3.63) is 0 Å². The smallest absolute Gasteiger partial charge is 0.0605 e. The quantitative estimate of drug-likeness (QED) is 0.740. The highest BCUT2D eigenvalue weighted by molar-refractivity contribution is 4.99. The number of hydrogen-bond donors (Lipinski definition) is 2. The van der Waals surface area contributed by atoms with E-state index in [2.05, 4.69) is 27.7 Å². The average Bonchev–Trinajstić information content (AvgIpc) is 2.44. The number of aliphatic hydroxyl groups excluding tert-OH is 2. The summed E-state index contributed by atoms with van der Waals surface area (Å²) in [4.78, 5) is 0. The van der Waals surface area contributed by atoms with E-state index < -0.39 is 0 Å². The van der Waals surface area contributed by atoms with Gasteiger partial charge in [0.1, 0.15) is 0 Å². The van der Waals surface area contributed by atoms with Gasteiger partial charge >= 0.3 is 0 Å². The van der Waals surface area contributed by atoms with Gasteiger partial charge in [-0.15, -0.1) is 0 Å². The summed E-state index contributed by atoms with van der Waals surface area (Å²) in [6, 6.07) is 0. The van der Waals surface area contributed by atoms with E-state index in [1.165, 1.54) is 0 Å². The third-order valence-corrected chi connectivity index (χ3v) is 5.46. The number of hydrogen-bond acceptors (Lipinski definition) is 2. The molecule has 0 aromatic rings.